The van der Waals surface area contributed by atoms with E-state index in [1.807, 2.05) is 13.8 Å². The third-order valence-electron chi connectivity index (χ3n) is 1.70. The molecule has 1 N–H and O–H groups in total. The molecule has 0 aliphatic carbocycles. The monoisotopic (exact) mass is 290 g/mol. The maximum atomic E-state index is 10.8. The SMILES string of the molecule is CC.COc1c(Br)ccc(C(=O)O)c1OC. The van der Waals surface area contributed by atoms with E-state index in [9.17, 15) is 4.79 Å². The van der Waals surface area contributed by atoms with Crippen molar-refractivity contribution in [3.8, 4) is 11.5 Å². The van der Waals surface area contributed by atoms with Crippen LogP contribution in [0.2, 0.25) is 0 Å². The number of benzene rings is 1. The van der Waals surface area contributed by atoms with Gasteiger partial charge in [-0.15, -0.1) is 0 Å². The van der Waals surface area contributed by atoms with E-state index in [0.717, 1.165) is 0 Å². The van der Waals surface area contributed by atoms with Gasteiger partial charge in [-0.25, -0.2) is 4.79 Å². The van der Waals surface area contributed by atoms with Crippen molar-refractivity contribution in [3.05, 3.63) is 22.2 Å². The molecule has 0 unspecified atom stereocenters. The van der Waals surface area contributed by atoms with E-state index < -0.39 is 5.97 Å². The second kappa shape index (κ2) is 7.11. The van der Waals surface area contributed by atoms with Crippen molar-refractivity contribution in [1.29, 1.82) is 0 Å². The number of carboxylic acid groups (broad SMARTS) is 1. The molecule has 4 nitrogen and oxygen atoms in total. The maximum Gasteiger partial charge on any atom is 0.339 e. The molecule has 0 aliphatic rings. The first kappa shape index (κ1) is 14.8. The molecule has 0 aliphatic heterocycles. The second-order valence-electron chi connectivity index (χ2n) is 2.47. The molecular weight excluding hydrogens is 276 g/mol. The molecule has 1 aromatic carbocycles. The summed E-state index contributed by atoms with van der Waals surface area (Å²) in [6.07, 6.45) is 0. The summed E-state index contributed by atoms with van der Waals surface area (Å²) >= 11 is 3.23. The van der Waals surface area contributed by atoms with Gasteiger partial charge in [-0.1, -0.05) is 13.8 Å². The van der Waals surface area contributed by atoms with Crippen molar-refractivity contribution in [2.75, 3.05) is 14.2 Å². The van der Waals surface area contributed by atoms with Crippen LogP contribution in [0.3, 0.4) is 0 Å². The highest BCUT2D eigenvalue weighted by Gasteiger charge is 2.17. The minimum atomic E-state index is -1.05. The number of aromatic carboxylic acids is 1. The number of hydrogen-bond acceptors (Lipinski definition) is 3. The lowest BCUT2D eigenvalue weighted by molar-refractivity contribution is 0.0692. The quantitative estimate of drug-likeness (QED) is 0.929. The van der Waals surface area contributed by atoms with Crippen LogP contribution in [0.5, 0.6) is 11.5 Å². The number of carbonyl (C=O) groups is 1. The molecule has 0 amide bonds. The molecule has 1 rings (SSSR count). The number of hydrogen-bond donors (Lipinski definition) is 1. The molecule has 0 radical (unpaired) electrons. The Bertz CT molecular complexity index is 363. The topological polar surface area (TPSA) is 55.8 Å². The van der Waals surface area contributed by atoms with Crippen molar-refractivity contribution in [3.63, 3.8) is 0 Å². The van der Waals surface area contributed by atoms with E-state index in [0.29, 0.717) is 10.2 Å². The Labute approximate surface area is 103 Å². The van der Waals surface area contributed by atoms with Crippen LogP contribution in [0.4, 0.5) is 0 Å². The number of rotatable bonds is 3. The molecular formula is C11H15BrO4. The lowest BCUT2D eigenvalue weighted by Gasteiger charge is -2.11. The Morgan fingerprint density at radius 1 is 1.19 bits per heavy atom. The summed E-state index contributed by atoms with van der Waals surface area (Å²) in [5, 5.41) is 8.86. The fraction of sp³-hybridized carbons (Fsp3) is 0.364. The van der Waals surface area contributed by atoms with Gasteiger partial charge < -0.3 is 14.6 Å². The lowest BCUT2D eigenvalue weighted by Crippen LogP contribution is -2.02. The molecule has 0 aromatic heterocycles. The van der Waals surface area contributed by atoms with Crippen molar-refractivity contribution >= 4 is 21.9 Å². The van der Waals surface area contributed by atoms with E-state index in [-0.39, 0.29) is 11.3 Å². The first-order valence-corrected chi connectivity index (χ1v) is 5.55. The molecule has 0 atom stereocenters. The summed E-state index contributed by atoms with van der Waals surface area (Å²) in [6, 6.07) is 3.05. The number of ether oxygens (including phenoxy) is 2. The van der Waals surface area contributed by atoms with Gasteiger partial charge >= 0.3 is 5.97 Å². The van der Waals surface area contributed by atoms with Crippen molar-refractivity contribution < 1.29 is 19.4 Å². The van der Waals surface area contributed by atoms with Crippen LogP contribution in [-0.4, -0.2) is 25.3 Å². The minimum Gasteiger partial charge on any atom is -0.492 e. The fourth-order valence-corrected chi connectivity index (χ4v) is 1.57. The average Bonchev–Trinajstić information content (AvgIpc) is 2.30. The van der Waals surface area contributed by atoms with E-state index in [1.54, 1.807) is 6.07 Å². The Kier molecular flexibility index (Phi) is 6.56. The van der Waals surface area contributed by atoms with Gasteiger partial charge in [-0.2, -0.15) is 0 Å². The predicted octanol–water partition coefficient (Wildman–Crippen LogP) is 3.19. The predicted molar refractivity (Wildman–Crippen MR) is 65.6 cm³/mol. The lowest BCUT2D eigenvalue weighted by atomic mass is 10.2. The van der Waals surface area contributed by atoms with E-state index >= 15 is 0 Å². The van der Waals surface area contributed by atoms with Crippen LogP contribution in [0.25, 0.3) is 0 Å². The fourth-order valence-electron chi connectivity index (χ4n) is 1.10. The molecule has 0 saturated carbocycles. The zero-order valence-corrected chi connectivity index (χ0v) is 11.3. The highest BCUT2D eigenvalue weighted by molar-refractivity contribution is 9.10. The van der Waals surface area contributed by atoms with Gasteiger partial charge in [-0.05, 0) is 28.1 Å². The molecule has 0 saturated heterocycles. The number of carboxylic acids is 1. The highest BCUT2D eigenvalue weighted by Crippen LogP contribution is 2.37. The summed E-state index contributed by atoms with van der Waals surface area (Å²) in [5.74, 6) is -0.450. The first-order chi connectivity index (χ1) is 7.61. The standard InChI is InChI=1S/C9H9BrO4.C2H6/c1-13-7-5(9(11)12)3-4-6(10)8(7)14-2;1-2/h3-4H,1-2H3,(H,11,12);1-2H3. The van der Waals surface area contributed by atoms with Gasteiger partial charge in [0, 0.05) is 0 Å². The Morgan fingerprint density at radius 2 is 1.69 bits per heavy atom. The third-order valence-corrected chi connectivity index (χ3v) is 2.33. The third kappa shape index (κ3) is 3.13. The van der Waals surface area contributed by atoms with Crippen LogP contribution in [0.15, 0.2) is 16.6 Å². The molecule has 0 heterocycles. The Hall–Kier alpha value is -1.23. The van der Waals surface area contributed by atoms with Crippen LogP contribution >= 0.6 is 15.9 Å². The normalized spacial score (nSPS) is 8.81. The second-order valence-corrected chi connectivity index (χ2v) is 3.32. The molecule has 16 heavy (non-hydrogen) atoms. The molecule has 0 bridgehead atoms. The Morgan fingerprint density at radius 3 is 2.06 bits per heavy atom. The van der Waals surface area contributed by atoms with Gasteiger partial charge in [0.1, 0.15) is 5.56 Å². The van der Waals surface area contributed by atoms with Crippen LogP contribution in [0, 0.1) is 0 Å². The highest BCUT2D eigenvalue weighted by atomic mass is 79.9. The van der Waals surface area contributed by atoms with Crippen molar-refractivity contribution in [2.45, 2.75) is 13.8 Å². The first-order valence-electron chi connectivity index (χ1n) is 4.75. The van der Waals surface area contributed by atoms with Gasteiger partial charge in [0.15, 0.2) is 11.5 Å². The summed E-state index contributed by atoms with van der Waals surface area (Å²) < 4.78 is 10.7. The molecule has 1 aromatic rings. The molecule has 90 valence electrons. The largest absolute Gasteiger partial charge is 0.492 e. The van der Waals surface area contributed by atoms with Crippen molar-refractivity contribution in [2.24, 2.45) is 0 Å². The summed E-state index contributed by atoms with van der Waals surface area (Å²) in [7, 11) is 2.85. The molecule has 0 fully saturated rings. The molecule has 0 spiro atoms. The van der Waals surface area contributed by atoms with Gasteiger partial charge in [0.2, 0.25) is 0 Å². The van der Waals surface area contributed by atoms with E-state index in [1.165, 1.54) is 20.3 Å². The maximum absolute atomic E-state index is 10.8. The van der Waals surface area contributed by atoms with Gasteiger partial charge in [0.05, 0.1) is 18.7 Å². The van der Waals surface area contributed by atoms with E-state index in [2.05, 4.69) is 15.9 Å². The smallest absolute Gasteiger partial charge is 0.339 e. The molecule has 5 heteroatoms. The zero-order valence-electron chi connectivity index (χ0n) is 9.70. The van der Waals surface area contributed by atoms with Crippen molar-refractivity contribution in [1.82, 2.24) is 0 Å². The Balaban J connectivity index is 0.00000106. The average molecular weight is 291 g/mol. The summed E-state index contributed by atoms with van der Waals surface area (Å²) in [6.45, 7) is 4.00. The summed E-state index contributed by atoms with van der Waals surface area (Å²) in [4.78, 5) is 10.8. The summed E-state index contributed by atoms with van der Waals surface area (Å²) in [5.41, 5.74) is 0.0764. The van der Waals surface area contributed by atoms with Gasteiger partial charge in [0.25, 0.3) is 0 Å². The van der Waals surface area contributed by atoms with Crippen LogP contribution < -0.4 is 9.47 Å². The number of methoxy groups -OCH3 is 2. The van der Waals surface area contributed by atoms with Gasteiger partial charge in [-0.3, -0.25) is 0 Å². The van der Waals surface area contributed by atoms with E-state index in [4.69, 9.17) is 14.6 Å². The number of halogens is 1. The zero-order chi connectivity index (χ0) is 12.7. The minimum absolute atomic E-state index is 0.0764. The van der Waals surface area contributed by atoms with Crippen LogP contribution in [0.1, 0.15) is 24.2 Å². The van der Waals surface area contributed by atoms with Crippen LogP contribution in [-0.2, 0) is 0 Å².